The smallest absolute Gasteiger partial charge is 0.225 e. The van der Waals surface area contributed by atoms with E-state index in [9.17, 15) is 8.42 Å². The molecule has 8 nitrogen and oxygen atoms in total. The summed E-state index contributed by atoms with van der Waals surface area (Å²) in [6.07, 6.45) is -1.86. The number of methoxy groups -OCH3 is 1. The van der Waals surface area contributed by atoms with Gasteiger partial charge in [-0.2, -0.15) is 0 Å². The Kier molecular flexibility index (Phi) is 10.5. The Hall–Kier alpha value is -3.44. The Labute approximate surface area is 247 Å². The third kappa shape index (κ3) is 7.49. The summed E-state index contributed by atoms with van der Waals surface area (Å²) in [6.45, 7) is 0.894. The van der Waals surface area contributed by atoms with Crippen LogP contribution in [0.5, 0.6) is 0 Å². The van der Waals surface area contributed by atoms with E-state index in [0.29, 0.717) is 6.61 Å². The maximum Gasteiger partial charge on any atom is 0.225 e. The van der Waals surface area contributed by atoms with Gasteiger partial charge in [-0.25, -0.2) is 13.4 Å². The van der Waals surface area contributed by atoms with Gasteiger partial charge in [0.15, 0.2) is 10.5 Å². The van der Waals surface area contributed by atoms with E-state index in [-0.39, 0.29) is 24.8 Å². The normalized spacial score (nSPS) is 22.5. The zero-order chi connectivity index (χ0) is 29.2. The van der Waals surface area contributed by atoms with Crippen molar-refractivity contribution in [3.05, 3.63) is 132 Å². The first-order valence-electron chi connectivity index (χ1n) is 13.8. The van der Waals surface area contributed by atoms with E-state index in [1.54, 1.807) is 12.1 Å². The fourth-order valence-electron chi connectivity index (χ4n) is 4.94. The first-order valence-corrected chi connectivity index (χ1v) is 15.4. The van der Waals surface area contributed by atoms with Gasteiger partial charge in [0.25, 0.3) is 0 Å². The van der Waals surface area contributed by atoms with Crippen molar-refractivity contribution < 1.29 is 32.1 Å². The lowest BCUT2D eigenvalue weighted by Gasteiger charge is -2.45. The Bertz CT molecular complexity index is 1460. The van der Waals surface area contributed by atoms with Crippen LogP contribution in [0.4, 0.5) is 0 Å². The van der Waals surface area contributed by atoms with Crippen molar-refractivity contribution in [2.24, 2.45) is 0 Å². The molecule has 5 rings (SSSR count). The van der Waals surface area contributed by atoms with E-state index in [1.807, 2.05) is 91.0 Å². The molecule has 3 aromatic carbocycles. The van der Waals surface area contributed by atoms with Gasteiger partial charge in [-0.05, 0) is 28.8 Å². The average Bonchev–Trinajstić information content (AvgIpc) is 3.04. The van der Waals surface area contributed by atoms with Crippen LogP contribution in [0.15, 0.2) is 120 Å². The van der Waals surface area contributed by atoms with Gasteiger partial charge in [-0.3, -0.25) is 0 Å². The SMILES string of the molecule is CO[C@@H]1[C@@H](OCc2ccccc2)[C@H](OCc2ccccc2)[C@@H](COCc2ccccc2)O[C@H]1S(=O)(=O)c1ccccn1. The fraction of sp³-hybridized carbons (Fsp3) is 0.303. The highest BCUT2D eigenvalue weighted by Gasteiger charge is 2.53. The average molecular weight is 590 g/mol. The molecular formula is C33H35NO7S. The predicted octanol–water partition coefficient (Wildman–Crippen LogP) is 4.98. The van der Waals surface area contributed by atoms with E-state index in [2.05, 4.69) is 4.98 Å². The zero-order valence-corrected chi connectivity index (χ0v) is 24.2. The van der Waals surface area contributed by atoms with Crippen molar-refractivity contribution in [3.8, 4) is 0 Å². The Morgan fingerprint density at radius 3 is 1.71 bits per heavy atom. The molecule has 5 atom stereocenters. The third-order valence-corrected chi connectivity index (χ3v) is 8.88. The van der Waals surface area contributed by atoms with E-state index in [4.69, 9.17) is 23.7 Å². The number of aromatic nitrogens is 1. The number of rotatable bonds is 13. The Morgan fingerprint density at radius 1 is 0.667 bits per heavy atom. The van der Waals surface area contributed by atoms with Crippen molar-refractivity contribution in [1.29, 1.82) is 0 Å². The quantitative estimate of drug-likeness (QED) is 0.216. The molecule has 0 radical (unpaired) electrons. The van der Waals surface area contributed by atoms with Crippen molar-refractivity contribution in [2.75, 3.05) is 13.7 Å². The van der Waals surface area contributed by atoms with Gasteiger partial charge >= 0.3 is 0 Å². The summed E-state index contributed by atoms with van der Waals surface area (Å²) >= 11 is 0. The van der Waals surface area contributed by atoms with Gasteiger partial charge < -0.3 is 23.7 Å². The van der Waals surface area contributed by atoms with Crippen molar-refractivity contribution in [1.82, 2.24) is 4.98 Å². The molecule has 0 N–H and O–H groups in total. The minimum absolute atomic E-state index is 0.0736. The molecule has 1 aliphatic rings. The van der Waals surface area contributed by atoms with Crippen LogP contribution in [0.3, 0.4) is 0 Å². The van der Waals surface area contributed by atoms with Gasteiger partial charge in [0.1, 0.15) is 24.4 Å². The molecule has 0 unspecified atom stereocenters. The van der Waals surface area contributed by atoms with Crippen LogP contribution < -0.4 is 0 Å². The Morgan fingerprint density at radius 2 is 1.19 bits per heavy atom. The number of hydrogen-bond acceptors (Lipinski definition) is 8. The number of ether oxygens (including phenoxy) is 5. The van der Waals surface area contributed by atoms with E-state index in [0.717, 1.165) is 16.7 Å². The van der Waals surface area contributed by atoms with E-state index >= 15 is 0 Å². The fourth-order valence-corrected chi connectivity index (χ4v) is 6.56. The first-order chi connectivity index (χ1) is 20.6. The Balaban J connectivity index is 1.47. The molecule has 1 aromatic heterocycles. The highest BCUT2D eigenvalue weighted by Crippen LogP contribution is 2.34. The molecule has 4 aromatic rings. The molecule has 0 spiro atoms. The summed E-state index contributed by atoms with van der Waals surface area (Å²) in [6, 6.07) is 33.9. The monoisotopic (exact) mass is 589 g/mol. The standard InChI is InChI=1S/C33H35NO7S/c1-37-32-31(40-23-27-17-9-4-10-18-27)30(39-22-26-15-7-3-8-16-26)28(24-38-21-25-13-5-2-6-14-25)41-33(32)42(35,36)29-19-11-12-20-34-29/h2-20,28,30-33H,21-24H2,1H3/t28-,30-,31+,32-,33+/m1/s1. The number of hydrogen-bond donors (Lipinski definition) is 0. The maximum absolute atomic E-state index is 13.9. The van der Waals surface area contributed by atoms with Crippen LogP contribution in [0.25, 0.3) is 0 Å². The third-order valence-electron chi connectivity index (χ3n) is 7.06. The summed E-state index contributed by atoms with van der Waals surface area (Å²) in [7, 11) is -2.64. The van der Waals surface area contributed by atoms with Gasteiger partial charge in [0.05, 0.1) is 26.4 Å². The summed E-state index contributed by atoms with van der Waals surface area (Å²) in [5.74, 6) is 0. The lowest BCUT2D eigenvalue weighted by atomic mass is 9.99. The number of pyridine rings is 1. The molecule has 0 saturated carbocycles. The molecule has 0 bridgehead atoms. The molecule has 1 fully saturated rings. The van der Waals surface area contributed by atoms with Crippen molar-refractivity contribution in [2.45, 2.75) is 54.7 Å². The molecule has 220 valence electrons. The van der Waals surface area contributed by atoms with Crippen molar-refractivity contribution in [3.63, 3.8) is 0 Å². The highest BCUT2D eigenvalue weighted by molar-refractivity contribution is 7.91. The van der Waals surface area contributed by atoms with E-state index < -0.39 is 39.7 Å². The second-order valence-corrected chi connectivity index (χ2v) is 12.0. The molecule has 2 heterocycles. The molecule has 1 saturated heterocycles. The van der Waals surface area contributed by atoms with Crippen LogP contribution >= 0.6 is 0 Å². The van der Waals surface area contributed by atoms with Crippen molar-refractivity contribution >= 4 is 9.84 Å². The number of sulfone groups is 1. The second-order valence-electron chi connectivity index (χ2n) is 9.98. The summed E-state index contributed by atoms with van der Waals surface area (Å²) < 4.78 is 59.0. The predicted molar refractivity (Wildman–Crippen MR) is 157 cm³/mol. The molecule has 9 heteroatoms. The summed E-state index contributed by atoms with van der Waals surface area (Å²) in [5.41, 5.74) is 1.47. The lowest BCUT2D eigenvalue weighted by Crippen LogP contribution is -2.62. The lowest BCUT2D eigenvalue weighted by molar-refractivity contribution is -0.249. The minimum atomic E-state index is -4.09. The van der Waals surface area contributed by atoms with Gasteiger partial charge in [-0.15, -0.1) is 0 Å². The summed E-state index contributed by atoms with van der Waals surface area (Å²) in [4.78, 5) is 4.11. The zero-order valence-electron chi connectivity index (χ0n) is 23.4. The minimum Gasteiger partial charge on any atom is -0.375 e. The molecular weight excluding hydrogens is 554 g/mol. The van der Waals surface area contributed by atoms with Crippen LogP contribution in [-0.4, -0.2) is 57.0 Å². The first kappa shape index (κ1) is 30.0. The second kappa shape index (κ2) is 14.6. The largest absolute Gasteiger partial charge is 0.375 e. The summed E-state index contributed by atoms with van der Waals surface area (Å²) in [5, 5.41) is -0.105. The van der Waals surface area contributed by atoms with Gasteiger partial charge in [0, 0.05) is 13.3 Å². The van der Waals surface area contributed by atoms with Crippen LogP contribution in [0, 0.1) is 0 Å². The van der Waals surface area contributed by atoms with Gasteiger partial charge in [-0.1, -0.05) is 97.1 Å². The maximum atomic E-state index is 13.9. The molecule has 0 aliphatic carbocycles. The van der Waals surface area contributed by atoms with Crippen LogP contribution in [-0.2, 0) is 53.3 Å². The van der Waals surface area contributed by atoms with Crippen LogP contribution in [0.2, 0.25) is 0 Å². The highest BCUT2D eigenvalue weighted by atomic mass is 32.2. The van der Waals surface area contributed by atoms with Gasteiger partial charge in [0.2, 0.25) is 9.84 Å². The van der Waals surface area contributed by atoms with Crippen LogP contribution in [0.1, 0.15) is 16.7 Å². The number of benzene rings is 3. The number of nitrogens with zero attached hydrogens (tertiary/aromatic N) is 1. The molecule has 42 heavy (non-hydrogen) atoms. The topological polar surface area (TPSA) is 93.2 Å². The molecule has 0 amide bonds. The van der Waals surface area contributed by atoms with E-state index in [1.165, 1.54) is 19.4 Å². The molecule has 1 aliphatic heterocycles.